The first-order chi connectivity index (χ1) is 9.02. The zero-order chi connectivity index (χ0) is 13.6. The molecule has 0 bridgehead atoms. The average Bonchev–Trinajstić information content (AvgIpc) is 3.01. The summed E-state index contributed by atoms with van der Waals surface area (Å²) in [6.45, 7) is 2.25. The molecule has 2 fully saturated rings. The molecular weight excluding hydrogens is 252 g/mol. The van der Waals surface area contributed by atoms with Gasteiger partial charge in [-0.1, -0.05) is 5.16 Å². The van der Waals surface area contributed by atoms with Gasteiger partial charge in [-0.2, -0.15) is 0 Å². The number of likely N-dealkylation sites (tertiary alicyclic amines) is 1. The summed E-state index contributed by atoms with van der Waals surface area (Å²) in [5, 5.41) is 8.34. The molecule has 4 amide bonds. The Bertz CT molecular complexity index is 581. The summed E-state index contributed by atoms with van der Waals surface area (Å²) >= 11 is 0. The molecule has 8 heteroatoms. The van der Waals surface area contributed by atoms with E-state index in [1.807, 2.05) is 0 Å². The lowest BCUT2D eigenvalue weighted by atomic mass is 9.99. The molecule has 3 heterocycles. The predicted octanol–water partition coefficient (Wildman–Crippen LogP) is -0.593. The Balaban J connectivity index is 1.80. The van der Waals surface area contributed by atoms with Gasteiger partial charge in [-0.05, 0) is 13.3 Å². The van der Waals surface area contributed by atoms with Crippen LogP contribution in [0.15, 0.2) is 10.7 Å². The standard InChI is InChI=1S/C11H12N4O4/c1-6-4-12-19-7(6)8(16)15-3-2-11(5-15)9(17)13-10(18)14-11/h4H,2-3,5H2,1H3,(H2,13,14,17,18). The van der Waals surface area contributed by atoms with E-state index in [0.29, 0.717) is 18.5 Å². The molecule has 2 aliphatic rings. The van der Waals surface area contributed by atoms with E-state index in [0.717, 1.165) is 0 Å². The monoisotopic (exact) mass is 264 g/mol. The molecule has 0 aliphatic carbocycles. The fourth-order valence-corrected chi connectivity index (χ4v) is 2.44. The molecule has 0 saturated carbocycles. The normalized spacial score (nSPS) is 25.8. The van der Waals surface area contributed by atoms with E-state index in [-0.39, 0.29) is 24.1 Å². The first-order valence-electron chi connectivity index (χ1n) is 5.86. The van der Waals surface area contributed by atoms with Crippen LogP contribution < -0.4 is 10.6 Å². The van der Waals surface area contributed by atoms with Crippen LogP contribution in [0, 0.1) is 6.92 Å². The van der Waals surface area contributed by atoms with Gasteiger partial charge in [0.25, 0.3) is 11.8 Å². The quantitative estimate of drug-likeness (QED) is 0.659. The molecule has 2 aliphatic heterocycles. The van der Waals surface area contributed by atoms with Gasteiger partial charge < -0.3 is 14.7 Å². The van der Waals surface area contributed by atoms with Crippen LogP contribution in [-0.2, 0) is 4.79 Å². The Kier molecular flexibility index (Phi) is 2.34. The van der Waals surface area contributed by atoms with Gasteiger partial charge in [-0.3, -0.25) is 14.9 Å². The van der Waals surface area contributed by atoms with Crippen LogP contribution in [0.5, 0.6) is 0 Å². The molecule has 1 spiro atoms. The third-order valence-corrected chi connectivity index (χ3v) is 3.51. The van der Waals surface area contributed by atoms with Gasteiger partial charge >= 0.3 is 6.03 Å². The van der Waals surface area contributed by atoms with Crippen LogP contribution in [0.25, 0.3) is 0 Å². The third kappa shape index (κ3) is 1.67. The molecule has 100 valence electrons. The Morgan fingerprint density at radius 1 is 1.53 bits per heavy atom. The molecule has 1 unspecified atom stereocenters. The van der Waals surface area contributed by atoms with Crippen molar-refractivity contribution in [3.63, 3.8) is 0 Å². The number of carbonyl (C=O) groups excluding carboxylic acids is 3. The minimum Gasteiger partial charge on any atom is -0.351 e. The van der Waals surface area contributed by atoms with E-state index >= 15 is 0 Å². The second kappa shape index (κ2) is 3.81. The summed E-state index contributed by atoms with van der Waals surface area (Å²) in [5.41, 5.74) is -0.355. The predicted molar refractivity (Wildman–Crippen MR) is 61.2 cm³/mol. The molecule has 1 aromatic rings. The van der Waals surface area contributed by atoms with E-state index in [9.17, 15) is 14.4 Å². The summed E-state index contributed by atoms with van der Waals surface area (Å²) in [4.78, 5) is 36.7. The lowest BCUT2D eigenvalue weighted by Crippen LogP contribution is -2.49. The van der Waals surface area contributed by atoms with Crippen molar-refractivity contribution in [3.8, 4) is 0 Å². The fraction of sp³-hybridized carbons (Fsp3) is 0.455. The van der Waals surface area contributed by atoms with Crippen molar-refractivity contribution in [2.24, 2.45) is 0 Å². The lowest BCUT2D eigenvalue weighted by molar-refractivity contribution is -0.123. The summed E-state index contributed by atoms with van der Waals surface area (Å²) < 4.78 is 4.91. The number of aromatic nitrogens is 1. The highest BCUT2D eigenvalue weighted by Gasteiger charge is 2.52. The summed E-state index contributed by atoms with van der Waals surface area (Å²) in [6.07, 6.45) is 1.85. The molecule has 0 aromatic carbocycles. The molecular formula is C11H12N4O4. The van der Waals surface area contributed by atoms with Gasteiger partial charge in [0.2, 0.25) is 5.76 Å². The Morgan fingerprint density at radius 3 is 2.89 bits per heavy atom. The molecule has 19 heavy (non-hydrogen) atoms. The number of aryl methyl sites for hydroxylation is 1. The maximum Gasteiger partial charge on any atom is 0.322 e. The second-order valence-corrected chi connectivity index (χ2v) is 4.80. The van der Waals surface area contributed by atoms with Crippen molar-refractivity contribution in [3.05, 3.63) is 17.5 Å². The zero-order valence-electron chi connectivity index (χ0n) is 10.2. The maximum absolute atomic E-state index is 12.2. The van der Waals surface area contributed by atoms with Crippen LogP contribution in [-0.4, -0.2) is 46.5 Å². The second-order valence-electron chi connectivity index (χ2n) is 4.80. The number of amides is 4. The first-order valence-corrected chi connectivity index (χ1v) is 5.86. The van der Waals surface area contributed by atoms with Crippen molar-refractivity contribution in [2.75, 3.05) is 13.1 Å². The Morgan fingerprint density at radius 2 is 2.32 bits per heavy atom. The fourth-order valence-electron chi connectivity index (χ4n) is 2.44. The first kappa shape index (κ1) is 11.7. The van der Waals surface area contributed by atoms with Crippen molar-refractivity contribution < 1.29 is 18.9 Å². The molecule has 2 saturated heterocycles. The minimum absolute atomic E-state index is 0.142. The number of hydrogen-bond acceptors (Lipinski definition) is 5. The number of imide groups is 1. The van der Waals surface area contributed by atoms with Gasteiger partial charge in [0.05, 0.1) is 12.7 Å². The number of carbonyl (C=O) groups is 3. The number of rotatable bonds is 1. The summed E-state index contributed by atoms with van der Waals surface area (Å²) in [7, 11) is 0. The molecule has 0 radical (unpaired) electrons. The Labute approximate surface area is 108 Å². The highest BCUT2D eigenvalue weighted by molar-refractivity contribution is 6.08. The molecule has 3 rings (SSSR count). The smallest absolute Gasteiger partial charge is 0.322 e. The van der Waals surface area contributed by atoms with E-state index in [1.54, 1.807) is 6.92 Å². The van der Waals surface area contributed by atoms with E-state index in [2.05, 4.69) is 15.8 Å². The van der Waals surface area contributed by atoms with Crippen LogP contribution >= 0.6 is 0 Å². The molecule has 1 atom stereocenters. The van der Waals surface area contributed by atoms with Gasteiger partial charge in [0.1, 0.15) is 5.54 Å². The van der Waals surface area contributed by atoms with Gasteiger partial charge in [-0.15, -0.1) is 0 Å². The van der Waals surface area contributed by atoms with E-state index in [1.165, 1.54) is 11.1 Å². The third-order valence-electron chi connectivity index (χ3n) is 3.51. The summed E-state index contributed by atoms with van der Waals surface area (Å²) in [5.74, 6) is -0.537. The van der Waals surface area contributed by atoms with E-state index in [4.69, 9.17) is 4.52 Å². The van der Waals surface area contributed by atoms with Gasteiger partial charge in [0, 0.05) is 12.1 Å². The number of nitrogens with one attached hydrogen (secondary N) is 2. The maximum atomic E-state index is 12.2. The lowest BCUT2D eigenvalue weighted by Gasteiger charge is -2.20. The highest BCUT2D eigenvalue weighted by Crippen LogP contribution is 2.26. The SMILES string of the molecule is Cc1cnoc1C(=O)N1CCC2(C1)NC(=O)NC2=O. The van der Waals surface area contributed by atoms with Gasteiger partial charge in [-0.25, -0.2) is 4.79 Å². The van der Waals surface area contributed by atoms with Crippen LogP contribution in [0.3, 0.4) is 0 Å². The zero-order valence-corrected chi connectivity index (χ0v) is 10.2. The number of hydrogen-bond donors (Lipinski definition) is 2. The Hall–Kier alpha value is -2.38. The van der Waals surface area contributed by atoms with Crippen molar-refractivity contribution in [1.82, 2.24) is 20.7 Å². The molecule has 8 nitrogen and oxygen atoms in total. The molecule has 2 N–H and O–H groups in total. The van der Waals surface area contributed by atoms with Crippen LogP contribution in [0.4, 0.5) is 4.79 Å². The largest absolute Gasteiger partial charge is 0.351 e. The highest BCUT2D eigenvalue weighted by atomic mass is 16.5. The summed E-state index contributed by atoms with van der Waals surface area (Å²) in [6, 6.07) is -0.518. The minimum atomic E-state index is -0.999. The van der Waals surface area contributed by atoms with E-state index < -0.39 is 11.6 Å². The number of urea groups is 1. The van der Waals surface area contributed by atoms with Crippen LogP contribution in [0.2, 0.25) is 0 Å². The molecule has 1 aromatic heterocycles. The topological polar surface area (TPSA) is 105 Å². The van der Waals surface area contributed by atoms with Crippen molar-refractivity contribution in [1.29, 1.82) is 0 Å². The van der Waals surface area contributed by atoms with Crippen molar-refractivity contribution in [2.45, 2.75) is 18.9 Å². The van der Waals surface area contributed by atoms with Crippen LogP contribution in [0.1, 0.15) is 22.5 Å². The average molecular weight is 264 g/mol. The van der Waals surface area contributed by atoms with Gasteiger partial charge in [0.15, 0.2) is 0 Å². The number of nitrogens with zero attached hydrogens (tertiary/aromatic N) is 2. The van der Waals surface area contributed by atoms with Crippen molar-refractivity contribution >= 4 is 17.8 Å².